The quantitative estimate of drug-likeness (QED) is 0.395. The van der Waals surface area contributed by atoms with Gasteiger partial charge in [-0.1, -0.05) is 146 Å². The summed E-state index contributed by atoms with van der Waals surface area (Å²) in [6.45, 7) is 0. The van der Waals surface area contributed by atoms with Gasteiger partial charge in [-0.05, 0) is 25.7 Å². The molecule has 0 atom stereocenters. The van der Waals surface area contributed by atoms with Crippen LogP contribution in [0.25, 0.3) is 0 Å². The molecule has 27 heavy (non-hydrogen) atoms. The average Bonchev–Trinajstić information content (AvgIpc) is 2.68. The van der Waals surface area contributed by atoms with Crippen LogP contribution in [0.4, 0.5) is 0 Å². The Morgan fingerprint density at radius 2 is 0.407 bits per heavy atom. The molecule has 0 aromatic carbocycles. The van der Waals surface area contributed by atoms with E-state index in [1.165, 1.54) is 148 Å². The Hall–Kier alpha value is -0.520. The lowest BCUT2D eigenvalue weighted by Gasteiger charge is -2.04. The Balaban J connectivity index is 2.08. The molecular weight excluding hydrogens is 324 g/mol. The van der Waals surface area contributed by atoms with Crippen LogP contribution in [0.3, 0.4) is 0 Å². The molecule has 0 heterocycles. The maximum atomic E-state index is 2.36. The molecule has 1 rings (SSSR count). The van der Waals surface area contributed by atoms with Crippen LogP contribution in [-0.2, 0) is 0 Å². The highest BCUT2D eigenvalue weighted by Gasteiger charge is 1.95. The molecule has 0 radical (unpaired) electrons. The van der Waals surface area contributed by atoms with Crippen LogP contribution in [0, 0.1) is 0 Å². The van der Waals surface area contributed by atoms with Crippen molar-refractivity contribution in [2.24, 2.45) is 0 Å². The minimum absolute atomic E-state index is 1.27. The summed E-state index contributed by atoms with van der Waals surface area (Å²) in [5.74, 6) is 0. The molecule has 0 aliphatic heterocycles. The lowest BCUT2D eigenvalue weighted by atomic mass is 10.0. The van der Waals surface area contributed by atoms with Crippen molar-refractivity contribution in [3.05, 3.63) is 24.3 Å². The highest BCUT2D eigenvalue weighted by molar-refractivity contribution is 5.02. The molecule has 0 aromatic rings. The SMILES string of the molecule is C1=CCCCCCCCCCCCCCCCCCCCCCCCC=C1. The van der Waals surface area contributed by atoms with E-state index in [9.17, 15) is 0 Å². The van der Waals surface area contributed by atoms with Gasteiger partial charge in [-0.15, -0.1) is 0 Å². The smallest absolute Gasteiger partial charge is 0.0348 e. The third-order valence-corrected chi connectivity index (χ3v) is 6.12. The molecule has 0 nitrogen and oxygen atoms in total. The second-order valence-corrected chi connectivity index (χ2v) is 8.86. The van der Waals surface area contributed by atoms with E-state index in [0.717, 1.165) is 0 Å². The summed E-state index contributed by atoms with van der Waals surface area (Å²) in [6.07, 6.45) is 42.5. The van der Waals surface area contributed by atoms with Gasteiger partial charge in [0.15, 0.2) is 0 Å². The third kappa shape index (κ3) is 20.0. The van der Waals surface area contributed by atoms with Crippen molar-refractivity contribution in [1.29, 1.82) is 0 Å². The Labute approximate surface area is 172 Å². The second-order valence-electron chi connectivity index (χ2n) is 8.86. The lowest BCUT2D eigenvalue weighted by molar-refractivity contribution is 0.520. The Morgan fingerprint density at radius 1 is 0.222 bits per heavy atom. The van der Waals surface area contributed by atoms with E-state index in [0.29, 0.717) is 0 Å². The molecule has 0 heteroatoms. The van der Waals surface area contributed by atoms with Crippen LogP contribution < -0.4 is 0 Å². The van der Waals surface area contributed by atoms with Gasteiger partial charge in [0.05, 0.1) is 0 Å². The van der Waals surface area contributed by atoms with Gasteiger partial charge in [0.25, 0.3) is 0 Å². The zero-order chi connectivity index (χ0) is 19.1. The maximum Gasteiger partial charge on any atom is -0.0348 e. The summed E-state index contributed by atoms with van der Waals surface area (Å²) in [7, 11) is 0. The van der Waals surface area contributed by atoms with Crippen LogP contribution in [0.5, 0.6) is 0 Å². The largest absolute Gasteiger partial charge is 0.0845 e. The van der Waals surface area contributed by atoms with Crippen molar-refractivity contribution < 1.29 is 0 Å². The van der Waals surface area contributed by atoms with Gasteiger partial charge in [0.2, 0.25) is 0 Å². The van der Waals surface area contributed by atoms with Gasteiger partial charge in [0.1, 0.15) is 0 Å². The maximum absolute atomic E-state index is 2.36. The van der Waals surface area contributed by atoms with E-state index in [1.54, 1.807) is 0 Å². The molecule has 0 saturated carbocycles. The van der Waals surface area contributed by atoms with Crippen molar-refractivity contribution in [2.75, 3.05) is 0 Å². The minimum atomic E-state index is 1.27. The number of rotatable bonds is 0. The normalized spacial score (nSPS) is 22.8. The zero-order valence-corrected chi connectivity index (χ0v) is 18.6. The highest BCUT2D eigenvalue weighted by Crippen LogP contribution is 2.15. The molecule has 158 valence electrons. The van der Waals surface area contributed by atoms with Gasteiger partial charge in [-0.3, -0.25) is 0 Å². The molecule has 0 N–H and O–H groups in total. The number of hydrogen-bond acceptors (Lipinski definition) is 0. The van der Waals surface area contributed by atoms with Crippen LogP contribution in [0.2, 0.25) is 0 Å². The lowest BCUT2D eigenvalue weighted by Crippen LogP contribution is -1.84. The van der Waals surface area contributed by atoms with Crippen molar-refractivity contribution in [3.63, 3.8) is 0 Å². The molecule has 0 saturated heterocycles. The summed E-state index contributed by atoms with van der Waals surface area (Å²) in [5, 5.41) is 0. The Morgan fingerprint density at radius 3 is 0.630 bits per heavy atom. The van der Waals surface area contributed by atoms with Crippen molar-refractivity contribution >= 4 is 0 Å². The molecule has 0 unspecified atom stereocenters. The second kappa shape index (κ2) is 21.8. The van der Waals surface area contributed by atoms with E-state index in [-0.39, 0.29) is 0 Å². The van der Waals surface area contributed by atoms with E-state index in [1.807, 2.05) is 0 Å². The first kappa shape index (κ1) is 24.5. The van der Waals surface area contributed by atoms with E-state index in [4.69, 9.17) is 0 Å². The van der Waals surface area contributed by atoms with Gasteiger partial charge in [0, 0.05) is 0 Å². The molecule has 0 bridgehead atoms. The van der Waals surface area contributed by atoms with E-state index < -0.39 is 0 Å². The molecular formula is C27H50. The average molecular weight is 375 g/mol. The zero-order valence-electron chi connectivity index (χ0n) is 18.6. The number of hydrogen-bond donors (Lipinski definition) is 0. The standard InChI is InChI=1S/C27H50/c1-2-4-6-8-10-12-14-16-18-20-22-24-26-27-25-23-21-19-17-15-13-11-9-7-5-3-1/h1-4H,5-27H2. The Kier molecular flexibility index (Phi) is 19.8. The van der Waals surface area contributed by atoms with Gasteiger partial charge in [-0.25, -0.2) is 0 Å². The van der Waals surface area contributed by atoms with Crippen LogP contribution in [0.1, 0.15) is 148 Å². The fraction of sp³-hybridized carbons (Fsp3) is 0.852. The summed E-state index contributed by atoms with van der Waals surface area (Å²) >= 11 is 0. The molecule has 1 aliphatic rings. The highest BCUT2D eigenvalue weighted by atomic mass is 14.0. The van der Waals surface area contributed by atoms with Gasteiger partial charge < -0.3 is 0 Å². The fourth-order valence-corrected chi connectivity index (χ4v) is 4.23. The first-order chi connectivity index (χ1) is 13.5. The molecule has 0 aromatic heterocycles. The summed E-state index contributed by atoms with van der Waals surface area (Å²) < 4.78 is 0. The third-order valence-electron chi connectivity index (χ3n) is 6.12. The molecule has 0 spiro atoms. The first-order valence-corrected chi connectivity index (χ1v) is 12.8. The first-order valence-electron chi connectivity index (χ1n) is 12.8. The van der Waals surface area contributed by atoms with E-state index in [2.05, 4.69) is 24.3 Å². The van der Waals surface area contributed by atoms with Crippen molar-refractivity contribution in [2.45, 2.75) is 148 Å². The summed E-state index contributed by atoms with van der Waals surface area (Å²) in [6, 6.07) is 0. The molecule has 0 fully saturated rings. The van der Waals surface area contributed by atoms with Crippen LogP contribution in [0.15, 0.2) is 24.3 Å². The van der Waals surface area contributed by atoms with Gasteiger partial charge >= 0.3 is 0 Å². The fourth-order valence-electron chi connectivity index (χ4n) is 4.23. The summed E-state index contributed by atoms with van der Waals surface area (Å²) in [5.41, 5.74) is 0. The predicted molar refractivity (Wildman–Crippen MR) is 124 cm³/mol. The minimum Gasteiger partial charge on any atom is -0.0845 e. The monoisotopic (exact) mass is 374 g/mol. The predicted octanol–water partition coefficient (Wildman–Crippen LogP) is 10.1. The summed E-state index contributed by atoms with van der Waals surface area (Å²) in [4.78, 5) is 0. The van der Waals surface area contributed by atoms with Gasteiger partial charge in [-0.2, -0.15) is 0 Å². The molecule has 0 amide bonds. The van der Waals surface area contributed by atoms with Crippen molar-refractivity contribution in [3.8, 4) is 0 Å². The van der Waals surface area contributed by atoms with Crippen molar-refractivity contribution in [1.82, 2.24) is 0 Å². The molecule has 1 aliphatic carbocycles. The van der Waals surface area contributed by atoms with E-state index >= 15 is 0 Å². The van der Waals surface area contributed by atoms with Crippen LogP contribution in [-0.4, -0.2) is 0 Å². The Bertz CT molecular complexity index is 293. The topological polar surface area (TPSA) is 0 Å². The number of allylic oxidation sites excluding steroid dienone is 4. The van der Waals surface area contributed by atoms with Crippen LogP contribution >= 0.6 is 0 Å².